The Morgan fingerprint density at radius 2 is 1.33 bits per heavy atom. The normalized spacial score (nSPS) is 12.0. The Morgan fingerprint density at radius 3 is 1.91 bits per heavy atom. The lowest BCUT2D eigenvalue weighted by Gasteiger charge is -2.19. The van der Waals surface area contributed by atoms with E-state index in [9.17, 15) is 36.0 Å². The number of carbonyl (C=O) groups is 3. The highest BCUT2D eigenvalue weighted by molar-refractivity contribution is 7.88. The van der Waals surface area contributed by atoms with Crippen molar-refractivity contribution in [1.82, 2.24) is 20.7 Å². The number of carbonyl (C=O) groups excluding carboxylic acids is 3. The highest BCUT2D eigenvalue weighted by Gasteiger charge is 2.38. The number of rotatable bonds is 13. The van der Waals surface area contributed by atoms with E-state index in [1.165, 1.54) is 24.3 Å². The molecule has 43 heavy (non-hydrogen) atoms. The number of nitrogens with zero attached hydrogens (tertiary/aromatic N) is 1. The molecule has 1 unspecified atom stereocenters. The van der Waals surface area contributed by atoms with Crippen LogP contribution in [0, 0.1) is 11.3 Å². The number of benzene rings is 3. The van der Waals surface area contributed by atoms with Crippen molar-refractivity contribution in [3.05, 3.63) is 107 Å². The minimum Gasteiger partial charge on any atom is -0.350 e. The van der Waals surface area contributed by atoms with Gasteiger partial charge in [-0.3, -0.25) is 14.4 Å². The van der Waals surface area contributed by atoms with E-state index in [4.69, 9.17) is 5.26 Å². The molecule has 10 nitrogen and oxygen atoms in total. The van der Waals surface area contributed by atoms with Crippen molar-refractivity contribution in [3.8, 4) is 6.07 Å². The molecule has 0 radical (unpaired) electrons. The molecular formula is C29H28F3N5O5S. The van der Waals surface area contributed by atoms with Gasteiger partial charge < -0.3 is 16.0 Å². The molecule has 3 amide bonds. The van der Waals surface area contributed by atoms with Gasteiger partial charge in [-0.1, -0.05) is 66.7 Å². The topological polar surface area (TPSA) is 157 Å². The van der Waals surface area contributed by atoms with E-state index in [0.717, 1.165) is 5.56 Å². The van der Waals surface area contributed by atoms with Crippen molar-refractivity contribution >= 4 is 27.7 Å². The highest BCUT2D eigenvalue weighted by Crippen LogP contribution is 2.15. The zero-order valence-corrected chi connectivity index (χ0v) is 23.5. The maximum Gasteiger partial charge on any atom is 0.471 e. The molecule has 0 aliphatic rings. The summed E-state index contributed by atoms with van der Waals surface area (Å²) in [5, 5.41) is 15.7. The number of sulfonamides is 1. The van der Waals surface area contributed by atoms with Gasteiger partial charge in [-0.2, -0.15) is 18.4 Å². The van der Waals surface area contributed by atoms with Crippen molar-refractivity contribution in [3.63, 3.8) is 0 Å². The van der Waals surface area contributed by atoms with E-state index in [-0.39, 0.29) is 19.5 Å². The summed E-state index contributed by atoms with van der Waals surface area (Å²) < 4.78 is 65.5. The molecule has 0 spiro atoms. The molecule has 0 aliphatic heterocycles. The average Bonchev–Trinajstić information content (AvgIpc) is 2.97. The van der Waals surface area contributed by atoms with Gasteiger partial charge in [0.15, 0.2) is 0 Å². The standard InChI is InChI=1S/C29H28F3N5O5S/c30-29(31,32)28(40)36-17-23-10-6-20(7-11-23)14-25(37-43(41,42)19-24-4-2-1-3-5-24)27(39)35-18-26(38)34-16-22-12-8-21(15-33)9-13-22/h1-13,25,37H,14,16-19H2,(H,34,38)(H,35,39)(H,36,40). The number of nitrogens with one attached hydrogen (secondary N) is 4. The lowest BCUT2D eigenvalue weighted by Crippen LogP contribution is -2.50. The molecule has 0 aromatic heterocycles. The number of alkyl halides is 3. The Balaban J connectivity index is 1.65. The number of hydrogen-bond donors (Lipinski definition) is 4. The summed E-state index contributed by atoms with van der Waals surface area (Å²) >= 11 is 0. The van der Waals surface area contributed by atoms with Gasteiger partial charge in [-0.05, 0) is 40.8 Å². The molecule has 0 fully saturated rings. The SMILES string of the molecule is N#Cc1ccc(CNC(=O)CNC(=O)C(Cc2ccc(CNC(=O)C(F)(F)F)cc2)NS(=O)(=O)Cc2ccccc2)cc1. The Morgan fingerprint density at radius 1 is 0.767 bits per heavy atom. The van der Waals surface area contributed by atoms with Crippen LogP contribution < -0.4 is 20.7 Å². The van der Waals surface area contributed by atoms with Crippen molar-refractivity contribution in [1.29, 1.82) is 5.26 Å². The molecule has 4 N–H and O–H groups in total. The molecular weight excluding hydrogens is 587 g/mol. The maximum absolute atomic E-state index is 13.1. The molecule has 3 rings (SSSR count). The van der Waals surface area contributed by atoms with Crippen molar-refractivity contribution in [2.24, 2.45) is 0 Å². The first kappa shape index (κ1) is 32.8. The van der Waals surface area contributed by atoms with Gasteiger partial charge >= 0.3 is 12.1 Å². The van der Waals surface area contributed by atoms with Gasteiger partial charge in [0.1, 0.15) is 6.04 Å². The Kier molecular flexibility index (Phi) is 11.4. The van der Waals surface area contributed by atoms with Gasteiger partial charge in [-0.15, -0.1) is 0 Å². The van der Waals surface area contributed by atoms with E-state index in [1.807, 2.05) is 6.07 Å². The van der Waals surface area contributed by atoms with Gasteiger partial charge in [0, 0.05) is 13.1 Å². The first-order valence-corrected chi connectivity index (χ1v) is 14.5. The minimum atomic E-state index is -5.02. The van der Waals surface area contributed by atoms with Crippen molar-refractivity contribution in [2.45, 2.75) is 37.5 Å². The third-order valence-electron chi connectivity index (χ3n) is 6.01. The predicted octanol–water partition coefficient (Wildman–Crippen LogP) is 2.20. The third-order valence-corrected chi connectivity index (χ3v) is 7.36. The number of amides is 3. The van der Waals surface area contributed by atoms with Crippen LogP contribution in [0.2, 0.25) is 0 Å². The second-order valence-electron chi connectivity index (χ2n) is 9.42. The van der Waals surface area contributed by atoms with E-state index < -0.39 is 52.3 Å². The molecule has 0 heterocycles. The van der Waals surface area contributed by atoms with Crippen LogP contribution >= 0.6 is 0 Å². The van der Waals surface area contributed by atoms with Crippen LogP contribution in [0.5, 0.6) is 0 Å². The van der Waals surface area contributed by atoms with Crippen LogP contribution in [0.3, 0.4) is 0 Å². The zero-order valence-electron chi connectivity index (χ0n) is 22.6. The van der Waals surface area contributed by atoms with Crippen LogP contribution in [0.25, 0.3) is 0 Å². The van der Waals surface area contributed by atoms with E-state index in [0.29, 0.717) is 22.3 Å². The lowest BCUT2D eigenvalue weighted by molar-refractivity contribution is -0.173. The summed E-state index contributed by atoms with van der Waals surface area (Å²) in [6.45, 7) is -0.684. The molecule has 3 aromatic carbocycles. The first-order valence-electron chi connectivity index (χ1n) is 12.8. The van der Waals surface area contributed by atoms with Crippen LogP contribution in [-0.4, -0.2) is 44.9 Å². The monoisotopic (exact) mass is 615 g/mol. The van der Waals surface area contributed by atoms with Gasteiger partial charge in [0.25, 0.3) is 0 Å². The van der Waals surface area contributed by atoms with E-state index in [2.05, 4.69) is 15.4 Å². The van der Waals surface area contributed by atoms with Crippen LogP contribution in [0.15, 0.2) is 78.9 Å². The first-order chi connectivity index (χ1) is 20.3. The summed E-state index contributed by atoms with van der Waals surface area (Å²) in [6, 6.07) is 21.4. The molecule has 0 bridgehead atoms. The Bertz CT molecular complexity index is 1560. The van der Waals surface area contributed by atoms with Crippen LogP contribution in [-0.2, 0) is 49.7 Å². The summed E-state index contributed by atoms with van der Waals surface area (Å²) in [7, 11) is -4.02. The minimum absolute atomic E-state index is 0.137. The van der Waals surface area contributed by atoms with Crippen molar-refractivity contribution in [2.75, 3.05) is 6.54 Å². The number of nitriles is 1. The molecule has 0 aliphatic carbocycles. The van der Waals surface area contributed by atoms with Crippen LogP contribution in [0.4, 0.5) is 13.2 Å². The fourth-order valence-corrected chi connectivity index (χ4v) is 5.14. The van der Waals surface area contributed by atoms with Crippen LogP contribution in [0.1, 0.15) is 27.8 Å². The zero-order chi connectivity index (χ0) is 31.5. The van der Waals surface area contributed by atoms with Gasteiger partial charge in [-0.25, -0.2) is 13.1 Å². The second kappa shape index (κ2) is 14.9. The number of halogens is 3. The summed E-state index contributed by atoms with van der Waals surface area (Å²) in [5.41, 5.74) is 2.50. The second-order valence-corrected chi connectivity index (χ2v) is 11.2. The van der Waals surface area contributed by atoms with Crippen molar-refractivity contribution < 1.29 is 36.0 Å². The molecule has 226 valence electrons. The quantitative estimate of drug-likeness (QED) is 0.231. The van der Waals surface area contributed by atoms with E-state index >= 15 is 0 Å². The largest absolute Gasteiger partial charge is 0.471 e. The maximum atomic E-state index is 13.1. The number of hydrogen-bond acceptors (Lipinski definition) is 6. The Hall–Kier alpha value is -4.74. The lowest BCUT2D eigenvalue weighted by atomic mass is 10.0. The van der Waals surface area contributed by atoms with E-state index in [1.54, 1.807) is 59.9 Å². The summed E-state index contributed by atoms with van der Waals surface area (Å²) in [6.07, 6.45) is -5.15. The average molecular weight is 616 g/mol. The molecule has 3 aromatic rings. The van der Waals surface area contributed by atoms with Gasteiger partial charge in [0.05, 0.1) is 23.9 Å². The summed E-state index contributed by atoms with van der Waals surface area (Å²) in [4.78, 5) is 36.5. The van der Waals surface area contributed by atoms with Gasteiger partial charge in [0.2, 0.25) is 21.8 Å². The molecule has 1 atom stereocenters. The molecule has 14 heteroatoms. The summed E-state index contributed by atoms with van der Waals surface area (Å²) in [5.74, 6) is -3.79. The highest BCUT2D eigenvalue weighted by atomic mass is 32.2. The molecule has 0 saturated heterocycles. The Labute approximate surface area is 246 Å². The molecule has 0 saturated carbocycles. The smallest absolute Gasteiger partial charge is 0.350 e. The third kappa shape index (κ3) is 11.2. The fraction of sp³-hybridized carbons (Fsp3) is 0.241. The fourth-order valence-electron chi connectivity index (χ4n) is 3.80. The predicted molar refractivity (Wildman–Crippen MR) is 150 cm³/mol.